The van der Waals surface area contributed by atoms with Gasteiger partial charge in [-0.25, -0.2) is 4.79 Å². The Kier molecular flexibility index (Phi) is 5.93. The predicted octanol–water partition coefficient (Wildman–Crippen LogP) is 3.76. The summed E-state index contributed by atoms with van der Waals surface area (Å²) in [5, 5.41) is 3.11. The Labute approximate surface area is 166 Å². The van der Waals surface area contributed by atoms with Crippen LogP contribution in [0.3, 0.4) is 0 Å². The lowest BCUT2D eigenvalue weighted by Crippen LogP contribution is -2.50. The van der Waals surface area contributed by atoms with Gasteiger partial charge in [-0.3, -0.25) is 0 Å². The Morgan fingerprint density at radius 3 is 2.00 bits per heavy atom. The maximum atomic E-state index is 12.6. The molecule has 2 aromatic rings. The molecule has 4 rings (SSSR count). The number of piperidine rings is 1. The van der Waals surface area contributed by atoms with E-state index in [4.69, 9.17) is 9.47 Å². The maximum Gasteiger partial charge on any atom is 0.317 e. The topological polar surface area (TPSA) is 50.8 Å². The number of hydrogen-bond acceptors (Lipinski definition) is 3. The monoisotopic (exact) mass is 380 g/mol. The molecule has 148 valence electrons. The number of carbonyl (C=O) groups is 1. The maximum absolute atomic E-state index is 12.6. The molecule has 0 aliphatic carbocycles. The summed E-state index contributed by atoms with van der Waals surface area (Å²) < 4.78 is 11.5. The van der Waals surface area contributed by atoms with Gasteiger partial charge < -0.3 is 19.7 Å². The second kappa shape index (κ2) is 8.76. The first kappa shape index (κ1) is 19.0. The molecule has 2 aromatic carbocycles. The Balaban J connectivity index is 1.31. The zero-order chi connectivity index (χ0) is 19.2. The zero-order valence-corrected chi connectivity index (χ0v) is 16.2. The summed E-state index contributed by atoms with van der Waals surface area (Å²) in [5.41, 5.74) is 2.55. The fourth-order valence-electron chi connectivity index (χ4n) is 4.17. The van der Waals surface area contributed by atoms with Gasteiger partial charge in [-0.15, -0.1) is 0 Å². The molecule has 0 aromatic heterocycles. The van der Waals surface area contributed by atoms with Crippen molar-refractivity contribution in [2.75, 3.05) is 32.8 Å². The highest BCUT2D eigenvalue weighted by Gasteiger charge is 2.40. The van der Waals surface area contributed by atoms with E-state index >= 15 is 0 Å². The van der Waals surface area contributed by atoms with Crippen molar-refractivity contribution in [3.63, 3.8) is 0 Å². The molecule has 1 N–H and O–H groups in total. The van der Waals surface area contributed by atoms with Crippen molar-refractivity contribution in [1.82, 2.24) is 10.2 Å². The molecule has 0 saturated carbocycles. The number of nitrogens with zero attached hydrogens (tertiary/aromatic N) is 1. The number of amides is 2. The summed E-state index contributed by atoms with van der Waals surface area (Å²) in [5.74, 6) is -0.171. The van der Waals surface area contributed by atoms with Crippen LogP contribution in [0.5, 0.6) is 0 Å². The Morgan fingerprint density at radius 1 is 0.929 bits per heavy atom. The van der Waals surface area contributed by atoms with Crippen LogP contribution in [0.1, 0.15) is 36.3 Å². The number of rotatable bonds is 5. The molecule has 0 unspecified atom stereocenters. The largest absolute Gasteiger partial charge is 0.347 e. The van der Waals surface area contributed by atoms with Gasteiger partial charge in [0.2, 0.25) is 0 Å². The van der Waals surface area contributed by atoms with Crippen molar-refractivity contribution in [3.8, 4) is 0 Å². The lowest BCUT2D eigenvalue weighted by atomic mass is 9.88. The lowest BCUT2D eigenvalue weighted by Gasteiger charge is -2.37. The highest BCUT2D eigenvalue weighted by atomic mass is 16.7. The third-order valence-corrected chi connectivity index (χ3v) is 5.74. The molecule has 2 saturated heterocycles. The van der Waals surface area contributed by atoms with E-state index in [1.807, 2.05) is 17.0 Å². The van der Waals surface area contributed by atoms with E-state index < -0.39 is 5.79 Å². The minimum absolute atomic E-state index is 0.00715. The van der Waals surface area contributed by atoms with E-state index in [9.17, 15) is 4.79 Å². The van der Waals surface area contributed by atoms with Crippen molar-refractivity contribution >= 4 is 6.03 Å². The Bertz CT molecular complexity index is 710. The molecule has 2 fully saturated rings. The van der Waals surface area contributed by atoms with Crippen LogP contribution in [-0.4, -0.2) is 49.6 Å². The molecular formula is C23H28N2O3. The third-order valence-electron chi connectivity index (χ3n) is 5.74. The van der Waals surface area contributed by atoms with Gasteiger partial charge in [0.05, 0.1) is 13.2 Å². The molecule has 2 aliphatic rings. The molecule has 5 nitrogen and oxygen atoms in total. The molecule has 1 spiro atoms. The highest BCUT2D eigenvalue weighted by Crippen LogP contribution is 2.31. The van der Waals surface area contributed by atoms with Gasteiger partial charge in [0.15, 0.2) is 5.79 Å². The molecule has 2 aliphatic heterocycles. The normalized spacial score (nSPS) is 18.5. The van der Waals surface area contributed by atoms with Gasteiger partial charge in [-0.05, 0) is 17.5 Å². The number of urea groups is 1. The van der Waals surface area contributed by atoms with Crippen LogP contribution in [0, 0.1) is 0 Å². The fourth-order valence-corrected chi connectivity index (χ4v) is 4.17. The molecule has 0 bridgehead atoms. The molecule has 0 atom stereocenters. The SMILES string of the molecule is O=C(NCCC(c1ccccc1)c1ccccc1)N1CCC2(CC1)OCCO2. The predicted molar refractivity (Wildman–Crippen MR) is 108 cm³/mol. The molecule has 2 heterocycles. The quantitative estimate of drug-likeness (QED) is 0.859. The molecule has 28 heavy (non-hydrogen) atoms. The summed E-state index contributed by atoms with van der Waals surface area (Å²) in [6.07, 6.45) is 2.36. The van der Waals surface area contributed by atoms with Crippen LogP contribution in [0.4, 0.5) is 4.79 Å². The summed E-state index contributed by atoms with van der Waals surface area (Å²) in [6.45, 7) is 3.31. The summed E-state index contributed by atoms with van der Waals surface area (Å²) in [7, 11) is 0. The number of nitrogens with one attached hydrogen (secondary N) is 1. The zero-order valence-electron chi connectivity index (χ0n) is 16.2. The minimum atomic E-state index is -0.442. The lowest BCUT2D eigenvalue weighted by molar-refractivity contribution is -0.181. The molecular weight excluding hydrogens is 352 g/mol. The summed E-state index contributed by atoms with van der Waals surface area (Å²) in [6, 6.07) is 21.0. The third kappa shape index (κ3) is 4.37. The first-order valence-corrected chi connectivity index (χ1v) is 10.2. The van der Waals surface area contributed by atoms with Crippen LogP contribution < -0.4 is 5.32 Å². The Hall–Kier alpha value is -2.37. The van der Waals surface area contributed by atoms with E-state index in [1.165, 1.54) is 11.1 Å². The number of likely N-dealkylation sites (tertiary alicyclic amines) is 1. The second-order valence-electron chi connectivity index (χ2n) is 7.49. The first-order valence-electron chi connectivity index (χ1n) is 10.2. The van der Waals surface area contributed by atoms with Crippen LogP contribution in [0.25, 0.3) is 0 Å². The molecule has 2 amide bonds. The van der Waals surface area contributed by atoms with Crippen molar-refractivity contribution in [3.05, 3.63) is 71.8 Å². The summed E-state index contributed by atoms with van der Waals surface area (Å²) >= 11 is 0. The van der Waals surface area contributed by atoms with Gasteiger partial charge in [-0.1, -0.05) is 60.7 Å². The number of hydrogen-bond donors (Lipinski definition) is 1. The average Bonchev–Trinajstić information content (AvgIpc) is 3.21. The van der Waals surface area contributed by atoms with Crippen molar-refractivity contribution in [2.45, 2.75) is 31.0 Å². The van der Waals surface area contributed by atoms with E-state index in [2.05, 4.69) is 53.8 Å². The smallest absolute Gasteiger partial charge is 0.317 e. The van der Waals surface area contributed by atoms with Crippen LogP contribution in [0.2, 0.25) is 0 Å². The van der Waals surface area contributed by atoms with Gasteiger partial charge in [0.25, 0.3) is 0 Å². The number of carbonyl (C=O) groups excluding carboxylic acids is 1. The standard InChI is InChI=1S/C23H28N2O3/c26-22(25-15-12-23(13-16-25)27-17-18-28-23)24-14-11-21(19-7-3-1-4-8-19)20-9-5-2-6-10-20/h1-10,21H,11-18H2,(H,24,26). The van der Waals surface area contributed by atoms with E-state index in [1.54, 1.807) is 0 Å². The average molecular weight is 380 g/mol. The van der Waals surface area contributed by atoms with Gasteiger partial charge in [0, 0.05) is 38.4 Å². The molecule has 5 heteroatoms. The van der Waals surface area contributed by atoms with Crippen LogP contribution in [-0.2, 0) is 9.47 Å². The van der Waals surface area contributed by atoms with Gasteiger partial charge in [0.1, 0.15) is 0 Å². The van der Waals surface area contributed by atoms with Crippen LogP contribution >= 0.6 is 0 Å². The van der Waals surface area contributed by atoms with E-state index in [-0.39, 0.29) is 11.9 Å². The second-order valence-corrected chi connectivity index (χ2v) is 7.49. The van der Waals surface area contributed by atoms with Gasteiger partial charge >= 0.3 is 6.03 Å². The van der Waals surface area contributed by atoms with Crippen molar-refractivity contribution in [2.24, 2.45) is 0 Å². The first-order chi connectivity index (χ1) is 13.8. The van der Waals surface area contributed by atoms with Crippen molar-refractivity contribution < 1.29 is 14.3 Å². The number of ether oxygens (including phenoxy) is 2. The van der Waals surface area contributed by atoms with E-state index in [0.29, 0.717) is 32.8 Å². The van der Waals surface area contributed by atoms with E-state index in [0.717, 1.165) is 19.3 Å². The molecule has 0 radical (unpaired) electrons. The fraction of sp³-hybridized carbons (Fsp3) is 0.435. The highest BCUT2D eigenvalue weighted by molar-refractivity contribution is 5.74. The van der Waals surface area contributed by atoms with Crippen LogP contribution in [0.15, 0.2) is 60.7 Å². The number of benzene rings is 2. The Morgan fingerprint density at radius 2 is 1.46 bits per heavy atom. The van der Waals surface area contributed by atoms with Crippen molar-refractivity contribution in [1.29, 1.82) is 0 Å². The minimum Gasteiger partial charge on any atom is -0.347 e. The van der Waals surface area contributed by atoms with Gasteiger partial charge in [-0.2, -0.15) is 0 Å². The summed E-state index contributed by atoms with van der Waals surface area (Å²) in [4.78, 5) is 14.5.